The van der Waals surface area contributed by atoms with E-state index in [1.165, 1.54) is 7.11 Å². The number of benzene rings is 2. The normalized spacial score (nSPS) is 11.7. The van der Waals surface area contributed by atoms with Crippen LogP contribution < -0.4 is 4.74 Å². The molecule has 0 amide bonds. The summed E-state index contributed by atoms with van der Waals surface area (Å²) in [6.45, 7) is 1.93. The van der Waals surface area contributed by atoms with Gasteiger partial charge in [0.2, 0.25) is 0 Å². The van der Waals surface area contributed by atoms with Crippen molar-refractivity contribution in [2.75, 3.05) is 7.11 Å². The molecule has 0 radical (unpaired) electrons. The quantitative estimate of drug-likeness (QED) is 0.830. The maximum Gasteiger partial charge on any atom is 0.311 e. The van der Waals surface area contributed by atoms with Gasteiger partial charge in [0, 0.05) is 12.0 Å². The Morgan fingerprint density at radius 1 is 1.14 bits per heavy atom. The maximum absolute atomic E-state index is 12.3. The van der Waals surface area contributed by atoms with Gasteiger partial charge in [-0.05, 0) is 24.6 Å². The molecule has 2 aromatic rings. The molecule has 2 aromatic carbocycles. The second-order valence-electron chi connectivity index (χ2n) is 5.16. The lowest BCUT2D eigenvalue weighted by Gasteiger charge is -2.13. The first-order chi connectivity index (χ1) is 10.5. The molecule has 0 aliphatic rings. The van der Waals surface area contributed by atoms with E-state index in [4.69, 9.17) is 4.74 Å². The molecule has 0 spiro atoms. The second kappa shape index (κ2) is 6.89. The number of ether oxygens (including phenoxy) is 1. The first-order valence-electron chi connectivity index (χ1n) is 6.98. The van der Waals surface area contributed by atoms with Crippen molar-refractivity contribution >= 4 is 11.8 Å². The zero-order chi connectivity index (χ0) is 16.1. The number of hydrogen-bond acceptors (Lipinski definition) is 3. The average molecular weight is 298 g/mol. The summed E-state index contributed by atoms with van der Waals surface area (Å²) in [7, 11) is 1.52. The third-order valence-corrected chi connectivity index (χ3v) is 3.56. The fourth-order valence-corrected chi connectivity index (χ4v) is 2.25. The molecule has 2 rings (SSSR count). The zero-order valence-electron chi connectivity index (χ0n) is 12.6. The summed E-state index contributed by atoms with van der Waals surface area (Å²) in [6, 6.07) is 14.0. The van der Waals surface area contributed by atoms with Crippen molar-refractivity contribution in [1.82, 2.24) is 0 Å². The summed E-state index contributed by atoms with van der Waals surface area (Å²) in [5.74, 6) is -1.49. The summed E-state index contributed by atoms with van der Waals surface area (Å²) in [5, 5.41) is 9.42. The molecule has 4 nitrogen and oxygen atoms in total. The Morgan fingerprint density at radius 2 is 1.82 bits per heavy atom. The third-order valence-electron chi connectivity index (χ3n) is 3.56. The predicted octanol–water partition coefficient (Wildman–Crippen LogP) is 3.44. The summed E-state index contributed by atoms with van der Waals surface area (Å²) in [5.41, 5.74) is 2.14. The van der Waals surface area contributed by atoms with Crippen molar-refractivity contribution in [3.63, 3.8) is 0 Å². The van der Waals surface area contributed by atoms with Crippen molar-refractivity contribution in [1.29, 1.82) is 0 Å². The van der Waals surface area contributed by atoms with Gasteiger partial charge >= 0.3 is 5.97 Å². The molecule has 0 bridgehead atoms. The van der Waals surface area contributed by atoms with Crippen LogP contribution in [-0.4, -0.2) is 24.0 Å². The number of aryl methyl sites for hydroxylation is 1. The molecule has 1 N–H and O–H groups in total. The van der Waals surface area contributed by atoms with Gasteiger partial charge in [0.15, 0.2) is 5.78 Å². The van der Waals surface area contributed by atoms with Gasteiger partial charge in [0.05, 0.1) is 13.0 Å². The molecule has 0 aromatic heterocycles. The van der Waals surface area contributed by atoms with Gasteiger partial charge in [-0.3, -0.25) is 9.59 Å². The van der Waals surface area contributed by atoms with Crippen molar-refractivity contribution in [3.05, 3.63) is 65.2 Å². The molecule has 0 saturated heterocycles. The van der Waals surface area contributed by atoms with E-state index in [1.807, 2.05) is 19.1 Å². The van der Waals surface area contributed by atoms with Gasteiger partial charge in [-0.1, -0.05) is 42.0 Å². The Hall–Kier alpha value is -2.62. The van der Waals surface area contributed by atoms with Crippen LogP contribution in [0.4, 0.5) is 0 Å². The molecular formula is C18H18O4. The molecule has 1 unspecified atom stereocenters. The minimum absolute atomic E-state index is 0.0778. The number of carboxylic acids is 1. The van der Waals surface area contributed by atoms with Crippen LogP contribution in [0, 0.1) is 6.92 Å². The van der Waals surface area contributed by atoms with Crippen LogP contribution in [0.3, 0.4) is 0 Å². The van der Waals surface area contributed by atoms with Gasteiger partial charge in [-0.15, -0.1) is 0 Å². The molecule has 0 heterocycles. The van der Waals surface area contributed by atoms with Crippen LogP contribution in [0.2, 0.25) is 0 Å². The highest BCUT2D eigenvalue weighted by atomic mass is 16.5. The summed E-state index contributed by atoms with van der Waals surface area (Å²) in [6.07, 6.45) is -0.0778. The SMILES string of the molecule is COc1cccc(C(=O)CC(C(=O)O)c2ccc(C)cc2)c1. The van der Waals surface area contributed by atoms with Crippen LogP contribution in [0.15, 0.2) is 48.5 Å². The molecule has 0 aliphatic carbocycles. The summed E-state index contributed by atoms with van der Waals surface area (Å²) < 4.78 is 5.09. The van der Waals surface area contributed by atoms with Gasteiger partial charge < -0.3 is 9.84 Å². The van der Waals surface area contributed by atoms with Crippen molar-refractivity contribution < 1.29 is 19.4 Å². The Labute approximate surface area is 129 Å². The Morgan fingerprint density at radius 3 is 2.41 bits per heavy atom. The smallest absolute Gasteiger partial charge is 0.311 e. The second-order valence-corrected chi connectivity index (χ2v) is 5.16. The van der Waals surface area contributed by atoms with E-state index in [0.29, 0.717) is 16.9 Å². The number of rotatable bonds is 6. The number of carbonyl (C=O) groups excluding carboxylic acids is 1. The standard InChI is InChI=1S/C18H18O4/c1-12-6-8-13(9-7-12)16(18(20)21)11-17(19)14-4-3-5-15(10-14)22-2/h3-10,16H,11H2,1-2H3,(H,20,21). The molecular weight excluding hydrogens is 280 g/mol. The van der Waals surface area contributed by atoms with Crippen LogP contribution in [0.5, 0.6) is 5.75 Å². The van der Waals surface area contributed by atoms with E-state index in [-0.39, 0.29) is 12.2 Å². The lowest BCUT2D eigenvalue weighted by atomic mass is 9.91. The van der Waals surface area contributed by atoms with Crippen molar-refractivity contribution in [2.45, 2.75) is 19.3 Å². The van der Waals surface area contributed by atoms with Crippen LogP contribution in [0.1, 0.15) is 33.8 Å². The Kier molecular flexibility index (Phi) is 4.94. The van der Waals surface area contributed by atoms with Crippen LogP contribution in [-0.2, 0) is 4.79 Å². The molecule has 4 heteroatoms. The van der Waals surface area contributed by atoms with Crippen LogP contribution in [0.25, 0.3) is 0 Å². The third kappa shape index (κ3) is 3.73. The van der Waals surface area contributed by atoms with E-state index < -0.39 is 11.9 Å². The Bertz CT molecular complexity index is 674. The maximum atomic E-state index is 12.3. The van der Waals surface area contributed by atoms with E-state index in [1.54, 1.807) is 36.4 Å². The first-order valence-corrected chi connectivity index (χ1v) is 6.98. The highest BCUT2D eigenvalue weighted by Gasteiger charge is 2.24. The van der Waals surface area contributed by atoms with E-state index in [0.717, 1.165) is 5.56 Å². The number of methoxy groups -OCH3 is 1. The number of hydrogen-bond donors (Lipinski definition) is 1. The summed E-state index contributed by atoms with van der Waals surface area (Å²) in [4.78, 5) is 23.8. The van der Waals surface area contributed by atoms with E-state index >= 15 is 0 Å². The topological polar surface area (TPSA) is 63.6 Å². The lowest BCUT2D eigenvalue weighted by molar-refractivity contribution is -0.138. The molecule has 0 saturated carbocycles. The molecule has 0 aliphatic heterocycles. The van der Waals surface area contributed by atoms with E-state index in [2.05, 4.69) is 0 Å². The minimum atomic E-state index is -1.000. The minimum Gasteiger partial charge on any atom is -0.497 e. The molecule has 22 heavy (non-hydrogen) atoms. The van der Waals surface area contributed by atoms with Gasteiger partial charge in [-0.25, -0.2) is 0 Å². The Balaban J connectivity index is 2.22. The largest absolute Gasteiger partial charge is 0.497 e. The number of carbonyl (C=O) groups is 2. The molecule has 0 fully saturated rings. The fourth-order valence-electron chi connectivity index (χ4n) is 2.25. The van der Waals surface area contributed by atoms with Crippen molar-refractivity contribution in [3.8, 4) is 5.75 Å². The number of aliphatic carboxylic acids is 1. The fraction of sp³-hybridized carbons (Fsp3) is 0.222. The van der Waals surface area contributed by atoms with Crippen LogP contribution >= 0.6 is 0 Å². The van der Waals surface area contributed by atoms with Crippen molar-refractivity contribution in [2.24, 2.45) is 0 Å². The number of Topliss-reactive ketones (excluding diaryl/α,β-unsaturated/α-hetero) is 1. The highest BCUT2D eigenvalue weighted by Crippen LogP contribution is 2.24. The van der Waals surface area contributed by atoms with Gasteiger partial charge in [0.25, 0.3) is 0 Å². The average Bonchev–Trinajstić information content (AvgIpc) is 2.53. The van der Waals surface area contributed by atoms with Gasteiger partial charge in [-0.2, -0.15) is 0 Å². The zero-order valence-corrected chi connectivity index (χ0v) is 12.6. The molecule has 1 atom stereocenters. The molecule has 114 valence electrons. The number of carboxylic acid groups (broad SMARTS) is 1. The lowest BCUT2D eigenvalue weighted by Crippen LogP contribution is -2.16. The predicted molar refractivity (Wildman–Crippen MR) is 83.5 cm³/mol. The monoisotopic (exact) mass is 298 g/mol. The first kappa shape index (κ1) is 15.8. The van der Waals surface area contributed by atoms with E-state index in [9.17, 15) is 14.7 Å². The van der Waals surface area contributed by atoms with Gasteiger partial charge in [0.1, 0.15) is 5.75 Å². The summed E-state index contributed by atoms with van der Waals surface area (Å²) >= 11 is 0. The highest BCUT2D eigenvalue weighted by molar-refractivity contribution is 5.99. The number of ketones is 1.